The largest absolute Gasteiger partial charge is 0.495 e. The Kier molecular flexibility index (Phi) is 5.39. The molecule has 4 heteroatoms. The highest BCUT2D eigenvalue weighted by molar-refractivity contribution is 6.33. The van der Waals surface area contributed by atoms with Crippen molar-refractivity contribution in [2.75, 3.05) is 20.8 Å². The molecule has 0 spiro atoms. The summed E-state index contributed by atoms with van der Waals surface area (Å²) in [4.78, 5) is 0. The summed E-state index contributed by atoms with van der Waals surface area (Å²) < 4.78 is 10.7. The van der Waals surface area contributed by atoms with Gasteiger partial charge in [0.25, 0.3) is 0 Å². The Hall–Kier alpha value is -0.930. The standard InChI is InChI=1S/C17H26ClNO2/c1-17(2,11-19-13-6-7-13)10-9-12-5-8-14(20-3)15(18)16(12)21-4/h5,8,13,19H,6-7,9-11H2,1-4H3. The summed E-state index contributed by atoms with van der Waals surface area (Å²) in [7, 11) is 3.27. The van der Waals surface area contributed by atoms with Crippen LogP contribution in [-0.4, -0.2) is 26.8 Å². The number of rotatable bonds is 8. The number of hydrogen-bond acceptors (Lipinski definition) is 3. The van der Waals surface area contributed by atoms with E-state index >= 15 is 0 Å². The Morgan fingerprint density at radius 3 is 2.52 bits per heavy atom. The number of nitrogens with one attached hydrogen (secondary N) is 1. The molecular weight excluding hydrogens is 286 g/mol. The van der Waals surface area contributed by atoms with Crippen LogP contribution in [0.5, 0.6) is 11.5 Å². The highest BCUT2D eigenvalue weighted by atomic mass is 35.5. The Morgan fingerprint density at radius 2 is 1.95 bits per heavy atom. The lowest BCUT2D eigenvalue weighted by Gasteiger charge is -2.25. The highest BCUT2D eigenvalue weighted by Crippen LogP contribution is 2.38. The summed E-state index contributed by atoms with van der Waals surface area (Å²) in [5.41, 5.74) is 1.41. The molecule has 3 nitrogen and oxygen atoms in total. The summed E-state index contributed by atoms with van der Waals surface area (Å²) in [5, 5.41) is 4.18. The van der Waals surface area contributed by atoms with Crippen LogP contribution >= 0.6 is 11.6 Å². The average Bonchev–Trinajstić information content (AvgIpc) is 3.27. The summed E-state index contributed by atoms with van der Waals surface area (Å²) >= 11 is 6.31. The molecule has 1 N–H and O–H groups in total. The van der Waals surface area contributed by atoms with E-state index in [-0.39, 0.29) is 5.41 Å². The smallest absolute Gasteiger partial charge is 0.144 e. The number of ether oxygens (including phenoxy) is 2. The maximum absolute atomic E-state index is 6.31. The fourth-order valence-electron chi connectivity index (χ4n) is 2.42. The molecule has 1 fully saturated rings. The van der Waals surface area contributed by atoms with E-state index in [1.54, 1.807) is 14.2 Å². The van der Waals surface area contributed by atoms with Crippen molar-refractivity contribution in [1.29, 1.82) is 0 Å². The van der Waals surface area contributed by atoms with Gasteiger partial charge in [0, 0.05) is 12.6 Å². The first-order valence-corrected chi connectivity index (χ1v) is 7.97. The molecule has 21 heavy (non-hydrogen) atoms. The minimum atomic E-state index is 0.264. The van der Waals surface area contributed by atoms with E-state index in [0.29, 0.717) is 10.8 Å². The van der Waals surface area contributed by atoms with Gasteiger partial charge in [0.15, 0.2) is 0 Å². The molecule has 1 aromatic rings. The normalized spacial score (nSPS) is 15.1. The fourth-order valence-corrected chi connectivity index (χ4v) is 2.76. The summed E-state index contributed by atoms with van der Waals surface area (Å²) in [6.07, 6.45) is 4.70. The van der Waals surface area contributed by atoms with Gasteiger partial charge in [-0.25, -0.2) is 0 Å². The number of methoxy groups -OCH3 is 2. The lowest BCUT2D eigenvalue weighted by molar-refractivity contribution is 0.311. The number of benzene rings is 1. The Morgan fingerprint density at radius 1 is 1.24 bits per heavy atom. The number of aryl methyl sites for hydroxylation is 1. The fraction of sp³-hybridized carbons (Fsp3) is 0.647. The molecule has 1 saturated carbocycles. The van der Waals surface area contributed by atoms with Crippen LogP contribution in [0.4, 0.5) is 0 Å². The molecule has 0 amide bonds. The molecule has 0 saturated heterocycles. The monoisotopic (exact) mass is 311 g/mol. The van der Waals surface area contributed by atoms with Gasteiger partial charge < -0.3 is 14.8 Å². The van der Waals surface area contributed by atoms with Gasteiger partial charge in [-0.1, -0.05) is 31.5 Å². The minimum Gasteiger partial charge on any atom is -0.495 e. The van der Waals surface area contributed by atoms with Gasteiger partial charge in [-0.15, -0.1) is 0 Å². The van der Waals surface area contributed by atoms with Crippen LogP contribution in [0, 0.1) is 5.41 Å². The predicted molar refractivity (Wildman–Crippen MR) is 87.7 cm³/mol. The van der Waals surface area contributed by atoms with E-state index in [0.717, 1.165) is 36.7 Å². The van der Waals surface area contributed by atoms with Gasteiger partial charge in [0.1, 0.15) is 16.5 Å². The molecule has 0 heterocycles. The van der Waals surface area contributed by atoms with E-state index < -0.39 is 0 Å². The van der Waals surface area contributed by atoms with Crippen molar-refractivity contribution in [3.63, 3.8) is 0 Å². The van der Waals surface area contributed by atoms with E-state index in [9.17, 15) is 0 Å². The van der Waals surface area contributed by atoms with Gasteiger partial charge in [-0.2, -0.15) is 0 Å². The molecule has 118 valence electrons. The average molecular weight is 312 g/mol. The van der Waals surface area contributed by atoms with Crippen molar-refractivity contribution >= 4 is 11.6 Å². The van der Waals surface area contributed by atoms with Crippen molar-refractivity contribution in [2.45, 2.75) is 45.6 Å². The summed E-state index contributed by atoms with van der Waals surface area (Å²) in [5.74, 6) is 1.40. The molecule has 0 radical (unpaired) electrons. The zero-order valence-electron chi connectivity index (χ0n) is 13.5. The maximum Gasteiger partial charge on any atom is 0.144 e. The van der Waals surface area contributed by atoms with E-state index in [1.807, 2.05) is 12.1 Å². The van der Waals surface area contributed by atoms with Crippen LogP contribution in [0.2, 0.25) is 5.02 Å². The zero-order chi connectivity index (χ0) is 15.5. The second-order valence-corrected chi connectivity index (χ2v) is 6.97. The van der Waals surface area contributed by atoms with Crippen molar-refractivity contribution < 1.29 is 9.47 Å². The van der Waals surface area contributed by atoms with Crippen LogP contribution in [0.1, 0.15) is 38.7 Å². The van der Waals surface area contributed by atoms with Crippen LogP contribution in [0.25, 0.3) is 0 Å². The quantitative estimate of drug-likeness (QED) is 0.785. The molecular formula is C17H26ClNO2. The molecule has 1 aliphatic carbocycles. The van der Waals surface area contributed by atoms with Gasteiger partial charge in [0.05, 0.1) is 14.2 Å². The summed E-state index contributed by atoms with van der Waals surface area (Å²) in [6.45, 7) is 5.67. The molecule has 0 aliphatic heterocycles. The van der Waals surface area contributed by atoms with Crippen LogP contribution in [0.15, 0.2) is 12.1 Å². The predicted octanol–water partition coefficient (Wildman–Crippen LogP) is 4.07. The highest BCUT2D eigenvalue weighted by Gasteiger charge is 2.25. The molecule has 2 rings (SSSR count). The lowest BCUT2D eigenvalue weighted by Crippen LogP contribution is -2.31. The molecule has 0 aromatic heterocycles. The van der Waals surface area contributed by atoms with E-state index in [1.165, 1.54) is 12.8 Å². The van der Waals surface area contributed by atoms with Crippen molar-refractivity contribution in [2.24, 2.45) is 5.41 Å². The first kappa shape index (κ1) is 16.4. The van der Waals surface area contributed by atoms with Crippen molar-refractivity contribution in [3.05, 3.63) is 22.7 Å². The topological polar surface area (TPSA) is 30.5 Å². The van der Waals surface area contributed by atoms with Gasteiger partial charge in [-0.05, 0) is 42.7 Å². The van der Waals surface area contributed by atoms with Gasteiger partial charge in [0.2, 0.25) is 0 Å². The van der Waals surface area contributed by atoms with Gasteiger partial charge in [-0.3, -0.25) is 0 Å². The molecule has 1 aliphatic rings. The second-order valence-electron chi connectivity index (χ2n) is 6.59. The molecule has 0 unspecified atom stereocenters. The van der Waals surface area contributed by atoms with Crippen molar-refractivity contribution in [1.82, 2.24) is 5.32 Å². The first-order valence-electron chi connectivity index (χ1n) is 7.59. The SMILES string of the molecule is COc1ccc(CCC(C)(C)CNC2CC2)c(OC)c1Cl. The Labute approximate surface area is 133 Å². The third-order valence-electron chi connectivity index (χ3n) is 4.09. The first-order chi connectivity index (χ1) is 9.96. The maximum atomic E-state index is 6.31. The van der Waals surface area contributed by atoms with Crippen LogP contribution < -0.4 is 14.8 Å². The van der Waals surface area contributed by atoms with E-state index in [4.69, 9.17) is 21.1 Å². The Balaban J connectivity index is 1.99. The van der Waals surface area contributed by atoms with Crippen LogP contribution in [-0.2, 0) is 6.42 Å². The molecule has 1 aromatic carbocycles. The van der Waals surface area contributed by atoms with Gasteiger partial charge >= 0.3 is 0 Å². The number of hydrogen-bond donors (Lipinski definition) is 1. The summed E-state index contributed by atoms with van der Waals surface area (Å²) in [6, 6.07) is 4.72. The van der Waals surface area contributed by atoms with Crippen LogP contribution in [0.3, 0.4) is 0 Å². The third kappa shape index (κ3) is 4.52. The third-order valence-corrected chi connectivity index (χ3v) is 4.44. The van der Waals surface area contributed by atoms with E-state index in [2.05, 4.69) is 19.2 Å². The molecule has 0 atom stereocenters. The Bertz CT molecular complexity index is 484. The van der Waals surface area contributed by atoms with Crippen molar-refractivity contribution in [3.8, 4) is 11.5 Å². The zero-order valence-corrected chi connectivity index (χ0v) is 14.2. The number of halogens is 1. The molecule has 0 bridgehead atoms. The second kappa shape index (κ2) is 6.89. The minimum absolute atomic E-state index is 0.264. The lowest BCUT2D eigenvalue weighted by atomic mass is 9.86.